The molecular weight excluding hydrogens is 496 g/mol. The molecule has 0 fully saturated rings. The zero-order chi connectivity index (χ0) is 25.6. The van der Waals surface area contributed by atoms with Crippen LogP contribution in [0.2, 0.25) is 5.02 Å². The molecule has 0 atom stereocenters. The number of nitrogens with zero attached hydrogens (tertiary/aromatic N) is 4. The smallest absolute Gasteiger partial charge is 0.266 e. The van der Waals surface area contributed by atoms with Gasteiger partial charge in [0.05, 0.1) is 11.9 Å². The van der Waals surface area contributed by atoms with E-state index in [4.69, 9.17) is 16.6 Å². The van der Waals surface area contributed by atoms with Crippen molar-refractivity contribution in [3.8, 4) is 28.3 Å². The average molecular weight is 519 g/mol. The van der Waals surface area contributed by atoms with Gasteiger partial charge in [-0.3, -0.25) is 9.36 Å². The van der Waals surface area contributed by atoms with Crippen LogP contribution in [0, 0.1) is 0 Å². The Morgan fingerprint density at radius 1 is 0.861 bits per heavy atom. The maximum Gasteiger partial charge on any atom is 0.285 e. The minimum atomic E-state index is -3.91. The second kappa shape index (κ2) is 9.04. The normalized spacial score (nSPS) is 11.9. The van der Waals surface area contributed by atoms with Gasteiger partial charge < -0.3 is 0 Å². The van der Waals surface area contributed by atoms with Crippen LogP contribution < -0.4 is 5.56 Å². The summed E-state index contributed by atoms with van der Waals surface area (Å²) in [7, 11) is -3.91. The number of fused-ring (bicyclic) bond motifs is 1. The molecule has 0 saturated heterocycles. The predicted molar refractivity (Wildman–Crippen MR) is 143 cm³/mol. The van der Waals surface area contributed by atoms with Crippen molar-refractivity contribution in [1.29, 1.82) is 0 Å². The summed E-state index contributed by atoms with van der Waals surface area (Å²) >= 11 is 6.10. The van der Waals surface area contributed by atoms with E-state index in [1.165, 1.54) is 4.57 Å². The van der Waals surface area contributed by atoms with Gasteiger partial charge in [-0.2, -0.15) is 5.10 Å². The van der Waals surface area contributed by atoms with E-state index in [-0.39, 0.29) is 11.0 Å². The van der Waals surface area contributed by atoms with Crippen LogP contribution in [-0.2, 0) is 10.0 Å². The first-order chi connectivity index (χ1) is 17.1. The van der Waals surface area contributed by atoms with Crippen molar-refractivity contribution in [2.75, 3.05) is 6.26 Å². The molecule has 5 rings (SSSR count). The molecule has 0 bridgehead atoms. The van der Waals surface area contributed by atoms with E-state index in [2.05, 4.69) is 18.9 Å². The van der Waals surface area contributed by atoms with Crippen molar-refractivity contribution >= 4 is 32.7 Å². The molecule has 3 aromatic carbocycles. The van der Waals surface area contributed by atoms with Gasteiger partial charge in [0.2, 0.25) is 0 Å². The Morgan fingerprint density at radius 2 is 1.50 bits per heavy atom. The van der Waals surface area contributed by atoms with Crippen molar-refractivity contribution in [2.45, 2.75) is 19.8 Å². The highest BCUT2D eigenvalue weighted by atomic mass is 35.5. The number of hydrogen-bond donors (Lipinski definition) is 0. The number of benzene rings is 3. The summed E-state index contributed by atoms with van der Waals surface area (Å²) < 4.78 is 27.6. The highest BCUT2D eigenvalue weighted by molar-refractivity contribution is 7.89. The Bertz CT molecular complexity index is 1740. The van der Waals surface area contributed by atoms with Crippen molar-refractivity contribution in [2.24, 2.45) is 0 Å². The van der Waals surface area contributed by atoms with Crippen LogP contribution in [0.4, 0.5) is 0 Å². The molecule has 5 aromatic rings. The van der Waals surface area contributed by atoms with Crippen molar-refractivity contribution in [3.63, 3.8) is 0 Å². The fraction of sp³-hybridized carbons (Fsp3) is 0.148. The second-order valence-corrected chi connectivity index (χ2v) is 11.1. The lowest BCUT2D eigenvalue weighted by Gasteiger charge is -2.14. The summed E-state index contributed by atoms with van der Waals surface area (Å²) in [6.07, 6.45) is 1.01. The van der Waals surface area contributed by atoms with Gasteiger partial charge in [-0.1, -0.05) is 80.0 Å². The van der Waals surface area contributed by atoms with Gasteiger partial charge in [0.1, 0.15) is 17.0 Å². The highest BCUT2D eigenvalue weighted by Crippen LogP contribution is 2.30. The summed E-state index contributed by atoms with van der Waals surface area (Å²) in [5.41, 5.74) is 2.88. The minimum absolute atomic E-state index is 0.117. The quantitative estimate of drug-likeness (QED) is 0.306. The maximum absolute atomic E-state index is 14.1. The predicted octanol–water partition coefficient (Wildman–Crippen LogP) is 5.50. The molecular formula is C27H23ClN4O3S. The zero-order valence-corrected chi connectivity index (χ0v) is 21.5. The molecule has 0 N–H and O–H groups in total. The third-order valence-electron chi connectivity index (χ3n) is 5.95. The Morgan fingerprint density at radius 3 is 2.08 bits per heavy atom. The molecule has 9 heteroatoms. The third kappa shape index (κ3) is 4.23. The van der Waals surface area contributed by atoms with Crippen LogP contribution in [-0.4, -0.2) is 33.4 Å². The van der Waals surface area contributed by atoms with E-state index < -0.39 is 15.6 Å². The Hall–Kier alpha value is -3.75. The molecule has 2 aromatic heterocycles. The van der Waals surface area contributed by atoms with Gasteiger partial charge in [0, 0.05) is 16.1 Å². The lowest BCUT2D eigenvalue weighted by atomic mass is 10.0. The lowest BCUT2D eigenvalue weighted by molar-refractivity contribution is 0.588. The first kappa shape index (κ1) is 24.0. The number of halogens is 1. The monoisotopic (exact) mass is 518 g/mol. The largest absolute Gasteiger partial charge is 0.285 e. The van der Waals surface area contributed by atoms with Gasteiger partial charge in [-0.25, -0.2) is 13.4 Å². The summed E-state index contributed by atoms with van der Waals surface area (Å²) in [5, 5.41) is 4.85. The molecule has 0 unspecified atom stereocenters. The fourth-order valence-electron chi connectivity index (χ4n) is 4.11. The molecule has 0 aliphatic heterocycles. The number of aromatic nitrogens is 4. The fourth-order valence-corrected chi connectivity index (χ4v) is 4.96. The van der Waals surface area contributed by atoms with Crippen molar-refractivity contribution in [3.05, 3.63) is 99.8 Å². The molecule has 0 amide bonds. The first-order valence-electron chi connectivity index (χ1n) is 11.3. The third-order valence-corrected chi connectivity index (χ3v) is 7.09. The first-order valence-corrected chi connectivity index (χ1v) is 13.6. The van der Waals surface area contributed by atoms with Crippen LogP contribution in [0.1, 0.15) is 25.3 Å². The second-order valence-electron chi connectivity index (χ2n) is 8.85. The number of hydrogen-bond acceptors (Lipinski definition) is 5. The van der Waals surface area contributed by atoms with Gasteiger partial charge in [-0.05, 0) is 35.7 Å². The van der Waals surface area contributed by atoms with Crippen LogP contribution >= 0.6 is 11.6 Å². The molecule has 182 valence electrons. The van der Waals surface area contributed by atoms with Crippen LogP contribution in [0.25, 0.3) is 39.4 Å². The molecule has 0 saturated carbocycles. The summed E-state index contributed by atoms with van der Waals surface area (Å²) in [5.74, 6) is 0.709. The Kier molecular flexibility index (Phi) is 6.02. The van der Waals surface area contributed by atoms with Gasteiger partial charge in [-0.15, -0.1) is 4.09 Å². The van der Waals surface area contributed by atoms with Crippen molar-refractivity contribution < 1.29 is 8.42 Å². The molecule has 2 heterocycles. The van der Waals surface area contributed by atoms with Crippen molar-refractivity contribution in [1.82, 2.24) is 18.7 Å². The lowest BCUT2D eigenvalue weighted by Crippen LogP contribution is -2.25. The number of rotatable bonds is 5. The van der Waals surface area contributed by atoms with E-state index in [9.17, 15) is 13.2 Å². The molecule has 0 aliphatic carbocycles. The van der Waals surface area contributed by atoms with Gasteiger partial charge in [0.25, 0.3) is 15.6 Å². The average Bonchev–Trinajstić information content (AvgIpc) is 3.26. The standard InChI is InChI=1S/C27H23ClN4O3S/c1-17(2)18-9-11-20(12-10-18)26-29-24-23(19-7-5-4-6-8-19)30-32(36(3,34)35)25(24)27(33)31(26)22-15-13-21(28)14-16-22/h4-17H,1-3H3. The maximum atomic E-state index is 14.1. The van der Waals surface area contributed by atoms with E-state index >= 15 is 0 Å². The Labute approximate surface area is 213 Å². The van der Waals surface area contributed by atoms with Crippen LogP contribution in [0.15, 0.2) is 83.7 Å². The van der Waals surface area contributed by atoms with E-state index in [1.807, 2.05) is 42.5 Å². The van der Waals surface area contributed by atoms with Gasteiger partial charge in [0.15, 0.2) is 5.52 Å². The minimum Gasteiger partial charge on any atom is -0.266 e. The molecule has 7 nitrogen and oxygen atoms in total. The SMILES string of the molecule is CC(C)c1ccc(-c2nc3c(-c4ccccc4)nn(S(C)(=O)=O)c3c(=O)n2-c2ccc(Cl)cc2)cc1. The van der Waals surface area contributed by atoms with Crippen LogP contribution in [0.5, 0.6) is 0 Å². The molecule has 0 spiro atoms. The zero-order valence-electron chi connectivity index (χ0n) is 19.9. The van der Waals surface area contributed by atoms with E-state index in [0.717, 1.165) is 15.9 Å². The van der Waals surface area contributed by atoms with Gasteiger partial charge >= 0.3 is 0 Å². The van der Waals surface area contributed by atoms with E-state index in [1.54, 1.807) is 36.4 Å². The summed E-state index contributed by atoms with van der Waals surface area (Å²) in [4.78, 5) is 18.9. The molecule has 36 heavy (non-hydrogen) atoms. The molecule has 0 radical (unpaired) electrons. The van der Waals surface area contributed by atoms with E-state index in [0.29, 0.717) is 39.3 Å². The topological polar surface area (TPSA) is 86.8 Å². The molecule has 0 aliphatic rings. The summed E-state index contributed by atoms with van der Waals surface area (Å²) in [6, 6.07) is 23.7. The summed E-state index contributed by atoms with van der Waals surface area (Å²) in [6.45, 7) is 4.21. The van der Waals surface area contributed by atoms with Crippen LogP contribution in [0.3, 0.4) is 0 Å². The Balaban J connectivity index is 1.92. The highest BCUT2D eigenvalue weighted by Gasteiger charge is 2.26.